The lowest BCUT2D eigenvalue weighted by Crippen LogP contribution is -2.13. The maximum absolute atomic E-state index is 11.9. The Labute approximate surface area is 98.9 Å². The highest BCUT2D eigenvalue weighted by molar-refractivity contribution is 5.97. The van der Waals surface area contributed by atoms with Crippen LogP contribution in [0.2, 0.25) is 0 Å². The standard InChI is InChI=1S/C15H22O/c1-6-7-14(16)13-10-12(15(3,4)5)9-8-11(13)2/h8-10H,6-7H2,1-5H3. The fraction of sp³-hybridized carbons (Fsp3) is 0.533. The predicted octanol–water partition coefficient (Wildman–Crippen LogP) is 4.28. The van der Waals surface area contributed by atoms with Gasteiger partial charge in [0.25, 0.3) is 0 Å². The molecule has 1 aromatic carbocycles. The molecular weight excluding hydrogens is 196 g/mol. The Morgan fingerprint density at radius 1 is 1.25 bits per heavy atom. The highest BCUT2D eigenvalue weighted by atomic mass is 16.1. The molecule has 0 amide bonds. The van der Waals surface area contributed by atoms with E-state index in [2.05, 4.69) is 39.0 Å². The van der Waals surface area contributed by atoms with Crippen LogP contribution in [0, 0.1) is 6.92 Å². The fourth-order valence-electron chi connectivity index (χ4n) is 1.75. The molecule has 0 saturated heterocycles. The van der Waals surface area contributed by atoms with Gasteiger partial charge in [0.05, 0.1) is 0 Å². The Morgan fingerprint density at radius 3 is 2.38 bits per heavy atom. The van der Waals surface area contributed by atoms with Crippen LogP contribution < -0.4 is 0 Å². The topological polar surface area (TPSA) is 17.1 Å². The first kappa shape index (κ1) is 13.0. The third kappa shape index (κ3) is 2.94. The van der Waals surface area contributed by atoms with Crippen LogP contribution >= 0.6 is 0 Å². The molecule has 16 heavy (non-hydrogen) atoms. The van der Waals surface area contributed by atoms with Crippen LogP contribution in [0.3, 0.4) is 0 Å². The van der Waals surface area contributed by atoms with Gasteiger partial charge in [0, 0.05) is 12.0 Å². The number of benzene rings is 1. The van der Waals surface area contributed by atoms with Gasteiger partial charge in [0.1, 0.15) is 0 Å². The van der Waals surface area contributed by atoms with E-state index < -0.39 is 0 Å². The van der Waals surface area contributed by atoms with Crippen LogP contribution in [0.5, 0.6) is 0 Å². The van der Waals surface area contributed by atoms with Crippen LogP contribution in [0.1, 0.15) is 62.0 Å². The van der Waals surface area contributed by atoms with Gasteiger partial charge in [-0.1, -0.05) is 39.8 Å². The van der Waals surface area contributed by atoms with Gasteiger partial charge in [-0.2, -0.15) is 0 Å². The maximum atomic E-state index is 11.9. The highest BCUT2D eigenvalue weighted by Gasteiger charge is 2.16. The summed E-state index contributed by atoms with van der Waals surface area (Å²) in [6, 6.07) is 6.24. The van der Waals surface area contributed by atoms with Crippen molar-refractivity contribution < 1.29 is 4.79 Å². The van der Waals surface area contributed by atoms with Gasteiger partial charge in [-0.05, 0) is 36.0 Å². The summed E-state index contributed by atoms with van der Waals surface area (Å²) >= 11 is 0. The number of aryl methyl sites for hydroxylation is 1. The molecule has 0 aliphatic heterocycles. The van der Waals surface area contributed by atoms with Crippen molar-refractivity contribution in [2.24, 2.45) is 0 Å². The molecular formula is C15H22O. The van der Waals surface area contributed by atoms with Gasteiger partial charge in [-0.25, -0.2) is 0 Å². The van der Waals surface area contributed by atoms with Crippen LogP contribution in [-0.4, -0.2) is 5.78 Å². The van der Waals surface area contributed by atoms with Crippen LogP contribution in [0.4, 0.5) is 0 Å². The Hall–Kier alpha value is -1.11. The molecule has 88 valence electrons. The molecule has 0 aromatic heterocycles. The maximum Gasteiger partial charge on any atom is 0.163 e. The first-order valence-electron chi connectivity index (χ1n) is 6.00. The van der Waals surface area contributed by atoms with Gasteiger partial charge in [0.2, 0.25) is 0 Å². The predicted molar refractivity (Wildman–Crippen MR) is 69.1 cm³/mol. The van der Waals surface area contributed by atoms with Crippen molar-refractivity contribution in [2.45, 2.75) is 52.9 Å². The third-order valence-electron chi connectivity index (χ3n) is 2.88. The molecule has 0 heterocycles. The largest absolute Gasteiger partial charge is 0.294 e. The van der Waals surface area contributed by atoms with E-state index in [1.807, 2.05) is 13.8 Å². The molecule has 0 N–H and O–H groups in total. The van der Waals surface area contributed by atoms with Crippen LogP contribution in [0.15, 0.2) is 18.2 Å². The average Bonchev–Trinajstić information content (AvgIpc) is 2.16. The zero-order valence-electron chi connectivity index (χ0n) is 11.1. The van der Waals surface area contributed by atoms with E-state index in [0.717, 1.165) is 17.5 Å². The number of rotatable bonds is 3. The monoisotopic (exact) mass is 218 g/mol. The summed E-state index contributed by atoms with van der Waals surface area (Å²) in [6.07, 6.45) is 1.56. The highest BCUT2D eigenvalue weighted by Crippen LogP contribution is 2.25. The van der Waals surface area contributed by atoms with Crippen molar-refractivity contribution in [3.8, 4) is 0 Å². The first-order valence-corrected chi connectivity index (χ1v) is 6.00. The van der Waals surface area contributed by atoms with Gasteiger partial charge in [-0.3, -0.25) is 4.79 Å². The lowest BCUT2D eigenvalue weighted by atomic mass is 9.84. The Kier molecular flexibility index (Phi) is 3.90. The van der Waals surface area contributed by atoms with Gasteiger partial charge < -0.3 is 0 Å². The normalized spacial score (nSPS) is 11.6. The van der Waals surface area contributed by atoms with E-state index in [9.17, 15) is 4.79 Å². The number of carbonyl (C=O) groups excluding carboxylic acids is 1. The second-order valence-corrected chi connectivity index (χ2v) is 5.45. The van der Waals surface area contributed by atoms with E-state index >= 15 is 0 Å². The Morgan fingerprint density at radius 2 is 1.88 bits per heavy atom. The second kappa shape index (κ2) is 4.82. The number of hydrogen-bond acceptors (Lipinski definition) is 1. The number of carbonyl (C=O) groups is 1. The summed E-state index contributed by atoms with van der Waals surface area (Å²) in [5.41, 5.74) is 3.33. The first-order chi connectivity index (χ1) is 7.36. The molecule has 0 radical (unpaired) electrons. The summed E-state index contributed by atoms with van der Waals surface area (Å²) in [5.74, 6) is 0.270. The molecule has 0 saturated carbocycles. The van der Waals surface area contributed by atoms with Gasteiger partial charge in [-0.15, -0.1) is 0 Å². The molecule has 0 fully saturated rings. The van der Waals surface area contributed by atoms with Crippen LogP contribution in [-0.2, 0) is 5.41 Å². The van der Waals surface area contributed by atoms with E-state index in [0.29, 0.717) is 6.42 Å². The molecule has 0 spiro atoms. The number of ketones is 1. The molecule has 0 unspecified atom stereocenters. The minimum Gasteiger partial charge on any atom is -0.294 e. The number of hydrogen-bond donors (Lipinski definition) is 0. The second-order valence-electron chi connectivity index (χ2n) is 5.45. The van der Waals surface area contributed by atoms with Crippen molar-refractivity contribution in [1.82, 2.24) is 0 Å². The zero-order valence-corrected chi connectivity index (χ0v) is 11.1. The summed E-state index contributed by atoms with van der Waals surface area (Å²) < 4.78 is 0. The van der Waals surface area contributed by atoms with Gasteiger partial charge in [0.15, 0.2) is 5.78 Å². The fourth-order valence-corrected chi connectivity index (χ4v) is 1.75. The minimum atomic E-state index is 0.106. The van der Waals surface area contributed by atoms with E-state index in [4.69, 9.17) is 0 Å². The molecule has 1 rings (SSSR count). The summed E-state index contributed by atoms with van der Waals surface area (Å²) in [5, 5.41) is 0. The molecule has 1 aromatic rings. The molecule has 0 bridgehead atoms. The quantitative estimate of drug-likeness (QED) is 0.692. The minimum absolute atomic E-state index is 0.106. The van der Waals surface area contributed by atoms with E-state index in [1.54, 1.807) is 0 Å². The van der Waals surface area contributed by atoms with Crippen molar-refractivity contribution in [3.63, 3.8) is 0 Å². The SMILES string of the molecule is CCCC(=O)c1cc(C(C)(C)C)ccc1C. The smallest absolute Gasteiger partial charge is 0.163 e. The lowest BCUT2D eigenvalue weighted by molar-refractivity contribution is 0.0981. The van der Waals surface area contributed by atoms with Crippen LogP contribution in [0.25, 0.3) is 0 Å². The summed E-state index contributed by atoms with van der Waals surface area (Å²) in [4.78, 5) is 11.9. The lowest BCUT2D eigenvalue weighted by Gasteiger charge is -2.20. The van der Waals surface area contributed by atoms with Crippen molar-refractivity contribution in [1.29, 1.82) is 0 Å². The van der Waals surface area contributed by atoms with Crippen molar-refractivity contribution in [2.75, 3.05) is 0 Å². The molecule has 1 nitrogen and oxygen atoms in total. The Balaban J connectivity index is 3.14. The summed E-state index contributed by atoms with van der Waals surface area (Å²) in [6.45, 7) is 10.6. The average molecular weight is 218 g/mol. The Bertz CT molecular complexity index is 383. The molecule has 0 atom stereocenters. The number of Topliss-reactive ketones (excluding diaryl/α,β-unsaturated/α-hetero) is 1. The van der Waals surface area contributed by atoms with E-state index in [1.165, 1.54) is 5.56 Å². The molecule has 1 heteroatoms. The zero-order chi connectivity index (χ0) is 12.3. The summed E-state index contributed by atoms with van der Waals surface area (Å²) in [7, 11) is 0. The third-order valence-corrected chi connectivity index (χ3v) is 2.88. The van der Waals surface area contributed by atoms with E-state index in [-0.39, 0.29) is 11.2 Å². The molecule has 0 aliphatic rings. The van der Waals surface area contributed by atoms with Gasteiger partial charge >= 0.3 is 0 Å². The molecule has 0 aliphatic carbocycles. The van der Waals surface area contributed by atoms with Crippen molar-refractivity contribution >= 4 is 5.78 Å². The van der Waals surface area contributed by atoms with Crippen molar-refractivity contribution in [3.05, 3.63) is 34.9 Å².